The molecule has 2 heterocycles. The molecule has 1 aliphatic heterocycles. The number of hydrogen-bond donors (Lipinski definition) is 2. The Hall–Kier alpha value is -2.31. The highest BCUT2D eigenvalue weighted by atomic mass is 32.1. The minimum absolute atomic E-state index is 0.0299. The Morgan fingerprint density at radius 2 is 2.00 bits per heavy atom. The summed E-state index contributed by atoms with van der Waals surface area (Å²) in [4.78, 5) is 18.6. The summed E-state index contributed by atoms with van der Waals surface area (Å²) in [5.41, 5.74) is 1.95. The minimum Gasteiger partial charge on any atom is -0.347 e. The van der Waals surface area contributed by atoms with Gasteiger partial charge in [0.2, 0.25) is 0 Å². The monoisotopic (exact) mass is 384 g/mol. The fourth-order valence-electron chi connectivity index (χ4n) is 3.70. The lowest BCUT2D eigenvalue weighted by Gasteiger charge is -2.30. The zero-order chi connectivity index (χ0) is 18.6. The van der Waals surface area contributed by atoms with Gasteiger partial charge in [-0.3, -0.25) is 4.79 Å². The standard InChI is InChI=1S/C21H22FN3OS/c22-16-10-8-15(9-11-16)13-23-20(26)14-25-12-4-3-6-18(25)21-24-17-5-1-2-7-19(17)27-21/h1-2,5,7-11,18H,3-4,6,12-14H2,(H,23,26)/p+1/t18-/m1/s1. The Labute approximate surface area is 162 Å². The van der Waals surface area contributed by atoms with Crippen molar-refractivity contribution >= 4 is 27.5 Å². The van der Waals surface area contributed by atoms with E-state index in [1.165, 1.54) is 28.2 Å². The number of halogens is 1. The fraction of sp³-hybridized carbons (Fsp3) is 0.333. The molecule has 0 radical (unpaired) electrons. The Balaban J connectivity index is 1.41. The van der Waals surface area contributed by atoms with Crippen LogP contribution in [0, 0.1) is 5.82 Å². The summed E-state index contributed by atoms with van der Waals surface area (Å²) < 4.78 is 14.2. The molecule has 1 unspecified atom stereocenters. The third kappa shape index (κ3) is 4.34. The maximum Gasteiger partial charge on any atom is 0.275 e. The molecule has 2 aromatic carbocycles. The Morgan fingerprint density at radius 1 is 1.19 bits per heavy atom. The van der Waals surface area contributed by atoms with E-state index >= 15 is 0 Å². The molecule has 3 aromatic rings. The van der Waals surface area contributed by atoms with Gasteiger partial charge in [0.1, 0.15) is 11.9 Å². The van der Waals surface area contributed by atoms with Crippen LogP contribution < -0.4 is 10.2 Å². The van der Waals surface area contributed by atoms with E-state index in [1.54, 1.807) is 23.5 Å². The van der Waals surface area contributed by atoms with Gasteiger partial charge < -0.3 is 10.2 Å². The molecule has 0 spiro atoms. The maximum absolute atomic E-state index is 13.0. The van der Waals surface area contributed by atoms with Gasteiger partial charge in [0.05, 0.1) is 16.8 Å². The molecule has 1 aliphatic rings. The number of para-hydroxylation sites is 1. The zero-order valence-corrected chi connectivity index (χ0v) is 15.9. The van der Waals surface area contributed by atoms with Crippen molar-refractivity contribution in [1.29, 1.82) is 0 Å². The van der Waals surface area contributed by atoms with E-state index in [2.05, 4.69) is 11.4 Å². The maximum atomic E-state index is 13.0. The lowest BCUT2D eigenvalue weighted by Crippen LogP contribution is -3.14. The molecule has 1 saturated heterocycles. The van der Waals surface area contributed by atoms with Crippen molar-refractivity contribution in [3.63, 3.8) is 0 Å². The molecular weight excluding hydrogens is 361 g/mol. The topological polar surface area (TPSA) is 46.4 Å². The van der Waals surface area contributed by atoms with Gasteiger partial charge in [0.25, 0.3) is 5.91 Å². The molecule has 4 nitrogen and oxygen atoms in total. The third-order valence-corrected chi connectivity index (χ3v) is 6.28. The molecule has 0 saturated carbocycles. The van der Waals surface area contributed by atoms with Gasteiger partial charge in [0.15, 0.2) is 11.6 Å². The quantitative estimate of drug-likeness (QED) is 0.711. The second-order valence-electron chi connectivity index (χ2n) is 7.06. The van der Waals surface area contributed by atoms with Crippen molar-refractivity contribution in [3.05, 3.63) is 64.9 Å². The van der Waals surface area contributed by atoms with E-state index in [0.29, 0.717) is 13.1 Å². The number of nitrogens with one attached hydrogen (secondary N) is 2. The van der Waals surface area contributed by atoms with Gasteiger partial charge in [0, 0.05) is 13.0 Å². The molecule has 1 aromatic heterocycles. The van der Waals surface area contributed by atoms with Gasteiger partial charge in [-0.2, -0.15) is 0 Å². The van der Waals surface area contributed by atoms with Crippen LogP contribution in [-0.4, -0.2) is 24.0 Å². The fourth-order valence-corrected chi connectivity index (χ4v) is 4.86. The van der Waals surface area contributed by atoms with Crippen molar-refractivity contribution < 1.29 is 14.1 Å². The Kier molecular flexibility index (Phi) is 5.45. The third-order valence-electron chi connectivity index (χ3n) is 5.13. The van der Waals surface area contributed by atoms with Gasteiger partial charge in [-0.05, 0) is 42.7 Å². The van der Waals surface area contributed by atoms with Crippen molar-refractivity contribution in [2.75, 3.05) is 13.1 Å². The van der Waals surface area contributed by atoms with E-state index < -0.39 is 0 Å². The first-order valence-corrected chi connectivity index (χ1v) is 10.2. The average molecular weight is 385 g/mol. The molecule has 0 bridgehead atoms. The number of aromatic nitrogens is 1. The lowest BCUT2D eigenvalue weighted by molar-refractivity contribution is -0.929. The predicted octanol–water partition coefficient (Wildman–Crippen LogP) is 2.86. The van der Waals surface area contributed by atoms with Gasteiger partial charge in [-0.1, -0.05) is 24.3 Å². The molecular formula is C21H23FN3OS+. The van der Waals surface area contributed by atoms with E-state index in [0.717, 1.165) is 35.5 Å². The highest BCUT2D eigenvalue weighted by Gasteiger charge is 2.31. The number of thiazole rings is 1. The van der Waals surface area contributed by atoms with E-state index in [4.69, 9.17) is 4.98 Å². The summed E-state index contributed by atoms with van der Waals surface area (Å²) in [5, 5.41) is 4.10. The number of fused-ring (bicyclic) bond motifs is 1. The number of nitrogens with zero attached hydrogens (tertiary/aromatic N) is 1. The zero-order valence-electron chi connectivity index (χ0n) is 15.1. The van der Waals surface area contributed by atoms with Crippen molar-refractivity contribution in [2.45, 2.75) is 31.8 Å². The molecule has 6 heteroatoms. The number of likely N-dealkylation sites (tertiary alicyclic amines) is 1. The summed E-state index contributed by atoms with van der Waals surface area (Å²) in [5.74, 6) is -0.233. The first-order chi connectivity index (χ1) is 13.2. The lowest BCUT2D eigenvalue weighted by atomic mass is 10.0. The molecule has 140 valence electrons. The molecule has 2 N–H and O–H groups in total. The van der Waals surface area contributed by atoms with Crippen LogP contribution in [0.3, 0.4) is 0 Å². The van der Waals surface area contributed by atoms with Crippen molar-refractivity contribution in [1.82, 2.24) is 10.3 Å². The Bertz CT molecular complexity index is 892. The van der Waals surface area contributed by atoms with Gasteiger partial charge in [-0.15, -0.1) is 11.3 Å². The molecule has 4 rings (SSSR count). The average Bonchev–Trinajstić information content (AvgIpc) is 3.12. The highest BCUT2D eigenvalue weighted by Crippen LogP contribution is 2.28. The number of hydrogen-bond acceptors (Lipinski definition) is 3. The first-order valence-electron chi connectivity index (χ1n) is 9.40. The summed E-state index contributed by atoms with van der Waals surface area (Å²) >= 11 is 1.75. The normalized spacial score (nSPS) is 19.9. The number of piperidine rings is 1. The molecule has 0 aliphatic carbocycles. The van der Waals surface area contributed by atoms with Gasteiger partial charge >= 0.3 is 0 Å². The van der Waals surface area contributed by atoms with E-state index in [-0.39, 0.29) is 17.8 Å². The molecule has 1 fully saturated rings. The van der Waals surface area contributed by atoms with E-state index in [9.17, 15) is 9.18 Å². The summed E-state index contributed by atoms with van der Waals surface area (Å²) in [6.45, 7) is 1.87. The summed E-state index contributed by atoms with van der Waals surface area (Å²) in [6.07, 6.45) is 3.39. The first kappa shape index (κ1) is 18.1. The van der Waals surface area contributed by atoms with Crippen LogP contribution in [0.1, 0.15) is 35.9 Å². The second-order valence-corrected chi connectivity index (χ2v) is 8.12. The van der Waals surface area contributed by atoms with Gasteiger partial charge in [-0.25, -0.2) is 9.37 Å². The van der Waals surface area contributed by atoms with E-state index in [1.807, 2.05) is 18.2 Å². The number of benzene rings is 2. The number of amides is 1. The van der Waals surface area contributed by atoms with Crippen LogP contribution in [0.5, 0.6) is 0 Å². The summed E-state index contributed by atoms with van der Waals surface area (Å²) in [7, 11) is 0. The largest absolute Gasteiger partial charge is 0.347 e. The number of carbonyl (C=O) groups is 1. The van der Waals surface area contributed by atoms with Crippen LogP contribution in [0.25, 0.3) is 10.2 Å². The van der Waals surface area contributed by atoms with Crippen LogP contribution in [0.15, 0.2) is 48.5 Å². The molecule has 2 atom stereocenters. The number of rotatable bonds is 5. The second kappa shape index (κ2) is 8.15. The number of quaternary nitrogens is 1. The van der Waals surface area contributed by atoms with Crippen molar-refractivity contribution in [3.8, 4) is 0 Å². The minimum atomic E-state index is -0.262. The summed E-state index contributed by atoms with van der Waals surface area (Å²) in [6, 6.07) is 14.7. The van der Waals surface area contributed by atoms with Crippen LogP contribution in [0.2, 0.25) is 0 Å². The highest BCUT2D eigenvalue weighted by molar-refractivity contribution is 7.18. The molecule has 27 heavy (non-hydrogen) atoms. The van der Waals surface area contributed by atoms with Crippen LogP contribution in [0.4, 0.5) is 4.39 Å². The number of carbonyl (C=O) groups excluding carboxylic acids is 1. The SMILES string of the molecule is O=C(C[NH+]1CCCC[C@@H]1c1nc2ccccc2s1)NCc1ccc(F)cc1. The molecule has 1 amide bonds. The Morgan fingerprint density at radius 3 is 2.81 bits per heavy atom. The smallest absolute Gasteiger partial charge is 0.275 e. The van der Waals surface area contributed by atoms with Crippen molar-refractivity contribution in [2.24, 2.45) is 0 Å². The van der Waals surface area contributed by atoms with Crippen LogP contribution >= 0.6 is 11.3 Å². The van der Waals surface area contributed by atoms with Crippen LogP contribution in [-0.2, 0) is 11.3 Å². The predicted molar refractivity (Wildman–Crippen MR) is 105 cm³/mol.